The number of hydrogen-bond acceptors (Lipinski definition) is 2. The molecule has 5 heteroatoms. The van der Waals surface area contributed by atoms with Crippen LogP contribution < -0.4 is 5.32 Å². The Hall–Kier alpha value is 0.692. The molecule has 68 valence electrons. The van der Waals surface area contributed by atoms with Gasteiger partial charge in [0.05, 0.1) is 3.92 Å². The second kappa shape index (κ2) is 4.27. The summed E-state index contributed by atoms with van der Waals surface area (Å²) in [5.41, 5.74) is 0. The molecule has 1 saturated heterocycles. The van der Waals surface area contributed by atoms with Gasteiger partial charge in [0.25, 0.3) is 16.3 Å². The van der Waals surface area contributed by atoms with E-state index in [2.05, 4.69) is 27.9 Å². The van der Waals surface area contributed by atoms with Gasteiger partial charge < -0.3 is 10.2 Å². The molecule has 1 rings (SSSR count). The summed E-state index contributed by atoms with van der Waals surface area (Å²) in [6.45, 7) is 0. The number of carbonyl (C=O) groups is 1. The summed E-state index contributed by atoms with van der Waals surface area (Å²) in [5, 5.41) is 3.27. The smallest absolute Gasteiger partial charge is 0.251 e. The zero-order chi connectivity index (χ0) is 9.30. The molecule has 0 aromatic heterocycles. The normalized spacial score (nSPS) is 37.1. The standard InChI is InChI=1S/C7H12IN2O.Al.2H/c1-9-5-3-6(8)7(11)10(2)4-5;;;/h4-6,9H,3H2,1-2H3;;;/t5?,6-;;;/m1.../s1. The fourth-order valence-corrected chi connectivity index (χ4v) is 3.42. The summed E-state index contributed by atoms with van der Waals surface area (Å²) in [4.78, 5) is 13.9. The van der Waals surface area contributed by atoms with Gasteiger partial charge >= 0.3 is 0 Å². The number of rotatable bonds is 1. The van der Waals surface area contributed by atoms with Crippen LogP contribution in [0.4, 0.5) is 0 Å². The lowest BCUT2D eigenvalue weighted by Gasteiger charge is -2.39. The van der Waals surface area contributed by atoms with E-state index in [-0.39, 0.29) is 3.92 Å². The third-order valence-electron chi connectivity index (χ3n) is 2.64. The van der Waals surface area contributed by atoms with Crippen LogP contribution in [0.2, 0.25) is 0 Å². The molecule has 1 aliphatic rings. The van der Waals surface area contributed by atoms with Crippen LogP contribution in [0.3, 0.4) is 0 Å². The van der Waals surface area contributed by atoms with Crippen molar-refractivity contribution in [3.63, 3.8) is 0 Å². The minimum absolute atomic E-state index is 0.162. The van der Waals surface area contributed by atoms with E-state index < -0.39 is 0 Å². The number of nitrogens with zero attached hydrogens (tertiary/aromatic N) is 1. The van der Waals surface area contributed by atoms with Crippen molar-refractivity contribution in [1.29, 1.82) is 0 Å². The van der Waals surface area contributed by atoms with Gasteiger partial charge in [-0.15, -0.1) is 0 Å². The van der Waals surface area contributed by atoms with Crippen molar-refractivity contribution in [3.05, 3.63) is 0 Å². The van der Waals surface area contributed by atoms with Crippen LogP contribution in [0.5, 0.6) is 0 Å². The molecule has 1 N–H and O–H groups in total. The Labute approximate surface area is 94.8 Å². The molecule has 1 fully saturated rings. The Morgan fingerprint density at radius 1 is 1.75 bits per heavy atom. The first kappa shape index (κ1) is 10.8. The summed E-state index contributed by atoms with van der Waals surface area (Å²) in [7, 11) is 3.89. The quantitative estimate of drug-likeness (QED) is 0.390. The molecule has 1 heterocycles. The van der Waals surface area contributed by atoms with Crippen LogP contribution in [0.15, 0.2) is 0 Å². The van der Waals surface area contributed by atoms with Crippen molar-refractivity contribution in [1.82, 2.24) is 10.2 Å². The van der Waals surface area contributed by atoms with Gasteiger partial charge in [-0.2, -0.15) is 0 Å². The summed E-state index contributed by atoms with van der Waals surface area (Å²) in [6, 6.07) is 0.501. The number of carbonyl (C=O) groups excluding carboxylic acids is 1. The van der Waals surface area contributed by atoms with E-state index in [0.29, 0.717) is 16.9 Å². The van der Waals surface area contributed by atoms with Gasteiger partial charge in [-0.3, -0.25) is 4.79 Å². The highest BCUT2D eigenvalue weighted by Crippen LogP contribution is 2.21. The Balaban J connectivity index is 2.70. The molecule has 0 bridgehead atoms. The van der Waals surface area contributed by atoms with Gasteiger partial charge in [0.15, 0.2) is 0 Å². The fraction of sp³-hybridized carbons (Fsp3) is 0.857. The molecule has 3 nitrogen and oxygen atoms in total. The molecular weight excluding hydrogens is 282 g/mol. The maximum atomic E-state index is 11.5. The predicted octanol–water partition coefficient (Wildman–Crippen LogP) is -0.801. The van der Waals surface area contributed by atoms with Crippen LogP contribution in [0.25, 0.3) is 0 Å². The number of alkyl halides is 1. The highest BCUT2D eigenvalue weighted by Gasteiger charge is 2.34. The van der Waals surface area contributed by atoms with E-state index in [0.717, 1.165) is 22.7 Å². The molecule has 0 aliphatic carbocycles. The maximum Gasteiger partial charge on any atom is 0.251 e. The van der Waals surface area contributed by atoms with Crippen molar-refractivity contribution in [2.45, 2.75) is 21.3 Å². The lowest BCUT2D eigenvalue weighted by Crippen LogP contribution is -2.57. The molecule has 0 aromatic rings. The highest BCUT2D eigenvalue weighted by atomic mass is 127. The Morgan fingerprint density at radius 2 is 2.33 bits per heavy atom. The van der Waals surface area contributed by atoms with Gasteiger partial charge in [-0.1, -0.05) is 22.6 Å². The van der Waals surface area contributed by atoms with Crippen LogP contribution in [0, 0.1) is 0 Å². The number of likely N-dealkylation sites (tertiary alicyclic amines) is 1. The second-order valence-electron chi connectivity index (χ2n) is 3.29. The molecule has 1 aliphatic heterocycles. The van der Waals surface area contributed by atoms with Crippen LogP contribution in [-0.2, 0) is 4.79 Å². The predicted molar refractivity (Wildman–Crippen MR) is 60.4 cm³/mol. The highest BCUT2D eigenvalue weighted by molar-refractivity contribution is 14.1. The lowest BCUT2D eigenvalue weighted by molar-refractivity contribution is -0.132. The molecule has 2 unspecified atom stereocenters. The first-order valence-corrected chi connectivity index (χ1v) is 6.56. The van der Waals surface area contributed by atoms with Gasteiger partial charge in [0.1, 0.15) is 0 Å². The Kier molecular flexibility index (Phi) is 3.83. The van der Waals surface area contributed by atoms with Crippen molar-refractivity contribution in [2.24, 2.45) is 0 Å². The molecule has 1 amide bonds. The third-order valence-corrected chi connectivity index (χ3v) is 5.26. The third kappa shape index (κ3) is 1.95. The summed E-state index contributed by atoms with van der Waals surface area (Å²) < 4.78 is 0.162. The van der Waals surface area contributed by atoms with Gasteiger partial charge in [0.2, 0.25) is 5.91 Å². The zero-order valence-electron chi connectivity index (χ0n) is 7.67. The monoisotopic (exact) mass is 296 g/mol. The van der Waals surface area contributed by atoms with E-state index in [1.807, 2.05) is 19.0 Å². The molecule has 3 atom stereocenters. The Morgan fingerprint density at radius 3 is 2.83 bits per heavy atom. The number of likely N-dealkylation sites (N-methyl/N-ethyl adjacent to an activating group) is 2. The maximum absolute atomic E-state index is 11.5. The van der Waals surface area contributed by atoms with E-state index in [1.165, 1.54) is 0 Å². The topological polar surface area (TPSA) is 32.3 Å². The summed E-state index contributed by atoms with van der Waals surface area (Å²) >= 11 is 3.28. The molecule has 0 aromatic carbocycles. The van der Waals surface area contributed by atoms with Crippen LogP contribution in [0.1, 0.15) is 6.42 Å². The van der Waals surface area contributed by atoms with Crippen LogP contribution >= 0.6 is 22.6 Å². The second-order valence-corrected chi connectivity index (χ2v) is 5.97. The van der Waals surface area contributed by atoms with Crippen molar-refractivity contribution >= 4 is 44.8 Å². The first-order chi connectivity index (χ1) is 5.57. The number of hydrogen-bond donors (Lipinski definition) is 1. The molecular formula is C7H14AlIN2O. The molecule has 0 spiro atoms. The average Bonchev–Trinajstić information content (AvgIpc) is 2.08. The van der Waals surface area contributed by atoms with Gasteiger partial charge in [-0.25, -0.2) is 0 Å². The van der Waals surface area contributed by atoms with Crippen molar-refractivity contribution < 1.29 is 4.79 Å². The minimum atomic E-state index is 0.162. The van der Waals surface area contributed by atoms with Gasteiger partial charge in [0, 0.05) is 13.1 Å². The average molecular weight is 296 g/mol. The lowest BCUT2D eigenvalue weighted by atomic mass is 10.1. The van der Waals surface area contributed by atoms with E-state index in [1.54, 1.807) is 0 Å². The summed E-state index contributed by atoms with van der Waals surface area (Å²) in [5.74, 6) is 0.294. The number of piperidine rings is 1. The molecule has 0 radical (unpaired) electrons. The fourth-order valence-electron chi connectivity index (χ4n) is 1.57. The molecule has 12 heavy (non-hydrogen) atoms. The number of amides is 1. The Bertz CT molecular complexity index is 190. The van der Waals surface area contributed by atoms with Gasteiger partial charge in [-0.05, 0) is 18.4 Å². The SMILES string of the molecule is CNC1C[C@@H](I)C(=O)N(C)[CH]1[AlH2]. The largest absolute Gasteiger partial charge is 0.355 e. The van der Waals surface area contributed by atoms with Crippen molar-refractivity contribution in [2.75, 3.05) is 14.1 Å². The summed E-state index contributed by atoms with van der Waals surface area (Å²) in [6.07, 6.45) is 0.981. The zero-order valence-corrected chi connectivity index (χ0v) is 11.8. The number of nitrogens with one attached hydrogen (secondary N) is 1. The molecule has 0 saturated carbocycles. The van der Waals surface area contributed by atoms with Crippen LogP contribution in [-0.4, -0.2) is 56.1 Å². The first-order valence-electron chi connectivity index (χ1n) is 4.16. The minimum Gasteiger partial charge on any atom is -0.355 e. The van der Waals surface area contributed by atoms with Crippen molar-refractivity contribution in [3.8, 4) is 0 Å². The van der Waals surface area contributed by atoms with E-state index >= 15 is 0 Å². The van der Waals surface area contributed by atoms with E-state index in [9.17, 15) is 4.79 Å². The van der Waals surface area contributed by atoms with E-state index in [4.69, 9.17) is 0 Å². The number of halogens is 1.